The monoisotopic (exact) mass is 242 g/mol. The molecule has 0 amide bonds. The fourth-order valence-electron chi connectivity index (χ4n) is 1.72. The number of allylic oxidation sites excluding steroid dienone is 1. The highest BCUT2D eigenvalue weighted by molar-refractivity contribution is 6.03. The molecular formula is C13H22O4. The molecule has 0 saturated heterocycles. The molecule has 0 fully saturated rings. The lowest BCUT2D eigenvalue weighted by Gasteiger charge is -2.28. The van der Waals surface area contributed by atoms with Gasteiger partial charge in [0.2, 0.25) is 0 Å². The van der Waals surface area contributed by atoms with E-state index in [2.05, 4.69) is 6.58 Å². The Morgan fingerprint density at radius 3 is 2.18 bits per heavy atom. The number of aliphatic hydroxyl groups excluding tert-OH is 1. The summed E-state index contributed by atoms with van der Waals surface area (Å²) in [5.74, 6) is -2.43. The van der Waals surface area contributed by atoms with Gasteiger partial charge in [-0.15, -0.1) is 6.58 Å². The zero-order valence-corrected chi connectivity index (χ0v) is 10.9. The molecule has 4 nitrogen and oxygen atoms in total. The average Bonchev–Trinajstić information content (AvgIpc) is 2.25. The van der Waals surface area contributed by atoms with Crippen LogP contribution >= 0.6 is 0 Å². The number of Topliss-reactive ketones (excluding diaryl/α,β-unsaturated/α-hetero) is 1. The summed E-state index contributed by atoms with van der Waals surface area (Å²) in [6.45, 7) is 9.67. The van der Waals surface area contributed by atoms with Crippen LogP contribution in [-0.4, -0.2) is 28.1 Å². The van der Waals surface area contributed by atoms with Crippen LogP contribution in [0.5, 0.6) is 0 Å². The molecular weight excluding hydrogens is 220 g/mol. The molecule has 0 aromatic rings. The van der Waals surface area contributed by atoms with Crippen molar-refractivity contribution in [1.29, 1.82) is 0 Å². The van der Waals surface area contributed by atoms with Gasteiger partial charge in [0.05, 0.1) is 6.10 Å². The maximum atomic E-state index is 12.0. The Balaban J connectivity index is 4.81. The van der Waals surface area contributed by atoms with Gasteiger partial charge in [-0.2, -0.15) is 0 Å². The number of aliphatic carboxylic acids is 1. The summed E-state index contributed by atoms with van der Waals surface area (Å²) in [7, 11) is 0. The van der Waals surface area contributed by atoms with Crippen molar-refractivity contribution in [1.82, 2.24) is 0 Å². The fourth-order valence-corrected chi connectivity index (χ4v) is 1.72. The van der Waals surface area contributed by atoms with E-state index >= 15 is 0 Å². The molecule has 0 aliphatic carbocycles. The zero-order chi connectivity index (χ0) is 13.8. The van der Waals surface area contributed by atoms with Gasteiger partial charge in [0, 0.05) is 5.92 Å². The van der Waals surface area contributed by atoms with Gasteiger partial charge in [0.1, 0.15) is 5.41 Å². The minimum atomic E-state index is -1.46. The maximum absolute atomic E-state index is 12.0. The first-order chi connectivity index (χ1) is 7.66. The quantitative estimate of drug-likeness (QED) is 0.528. The molecule has 2 N–H and O–H groups in total. The fraction of sp³-hybridized carbons (Fsp3) is 0.692. The van der Waals surface area contributed by atoms with Crippen molar-refractivity contribution in [2.24, 2.45) is 17.3 Å². The van der Waals surface area contributed by atoms with Crippen LogP contribution in [0.15, 0.2) is 12.7 Å². The van der Waals surface area contributed by atoms with E-state index in [0.717, 1.165) is 0 Å². The Kier molecular flexibility index (Phi) is 5.55. The highest BCUT2D eigenvalue weighted by Gasteiger charge is 2.41. The van der Waals surface area contributed by atoms with Crippen LogP contribution in [-0.2, 0) is 9.59 Å². The summed E-state index contributed by atoms with van der Waals surface area (Å²) in [5.41, 5.74) is -1.46. The van der Waals surface area contributed by atoms with Gasteiger partial charge in [0.15, 0.2) is 5.78 Å². The molecule has 98 valence electrons. The Bertz CT molecular complexity index is 307. The van der Waals surface area contributed by atoms with Crippen LogP contribution in [0.25, 0.3) is 0 Å². The van der Waals surface area contributed by atoms with Gasteiger partial charge in [-0.1, -0.05) is 19.9 Å². The normalized spacial score (nSPS) is 17.0. The van der Waals surface area contributed by atoms with E-state index in [9.17, 15) is 14.7 Å². The number of carbonyl (C=O) groups is 2. The van der Waals surface area contributed by atoms with Gasteiger partial charge in [-0.25, -0.2) is 0 Å². The molecule has 0 heterocycles. The number of carboxylic acid groups (broad SMARTS) is 1. The van der Waals surface area contributed by atoms with Crippen LogP contribution < -0.4 is 0 Å². The number of carboxylic acids is 1. The van der Waals surface area contributed by atoms with Crippen molar-refractivity contribution in [2.45, 2.75) is 40.2 Å². The van der Waals surface area contributed by atoms with Gasteiger partial charge in [-0.3, -0.25) is 9.59 Å². The van der Waals surface area contributed by atoms with Crippen LogP contribution in [0, 0.1) is 17.3 Å². The SMILES string of the molecule is C=CC[C@H](C)[C@H](O)[C@@H](C)C(=O)C(C)(C)C(=O)O. The first kappa shape index (κ1) is 15.8. The molecule has 0 bridgehead atoms. The molecule has 0 radical (unpaired) electrons. The van der Waals surface area contributed by atoms with E-state index < -0.39 is 29.2 Å². The number of hydrogen-bond donors (Lipinski definition) is 2. The highest BCUT2D eigenvalue weighted by atomic mass is 16.4. The first-order valence-electron chi connectivity index (χ1n) is 5.72. The molecule has 0 spiro atoms. The summed E-state index contributed by atoms with van der Waals surface area (Å²) in [5, 5.41) is 18.9. The van der Waals surface area contributed by atoms with Crippen molar-refractivity contribution in [3.63, 3.8) is 0 Å². The summed E-state index contributed by atoms with van der Waals surface area (Å²) < 4.78 is 0. The Morgan fingerprint density at radius 1 is 1.35 bits per heavy atom. The number of carbonyl (C=O) groups excluding carboxylic acids is 1. The standard InChI is InChI=1S/C13H22O4/c1-6-7-8(2)10(14)9(3)11(15)13(4,5)12(16)17/h6,8-10,14H,1,7H2,2-5H3,(H,16,17)/t8-,9+,10-/m0/s1. The zero-order valence-electron chi connectivity index (χ0n) is 10.9. The number of rotatable bonds is 7. The highest BCUT2D eigenvalue weighted by Crippen LogP contribution is 2.26. The second kappa shape index (κ2) is 5.96. The number of aliphatic hydroxyl groups is 1. The predicted molar refractivity (Wildman–Crippen MR) is 65.6 cm³/mol. The van der Waals surface area contributed by atoms with Crippen LogP contribution in [0.2, 0.25) is 0 Å². The summed E-state index contributed by atoms with van der Waals surface area (Å²) in [6, 6.07) is 0. The van der Waals surface area contributed by atoms with E-state index in [0.29, 0.717) is 6.42 Å². The lowest BCUT2D eigenvalue weighted by molar-refractivity contribution is -0.155. The Labute approximate surface area is 102 Å². The maximum Gasteiger partial charge on any atom is 0.316 e. The molecule has 0 aliphatic heterocycles. The summed E-state index contributed by atoms with van der Waals surface area (Å²) >= 11 is 0. The topological polar surface area (TPSA) is 74.6 Å². The van der Waals surface area contributed by atoms with Gasteiger partial charge in [-0.05, 0) is 26.2 Å². The molecule has 0 rings (SSSR count). The number of ketones is 1. The van der Waals surface area contributed by atoms with Crippen molar-refractivity contribution in [2.75, 3.05) is 0 Å². The number of hydrogen-bond acceptors (Lipinski definition) is 3. The van der Waals surface area contributed by atoms with E-state index in [4.69, 9.17) is 5.11 Å². The molecule has 0 aromatic heterocycles. The third-order valence-electron chi connectivity index (χ3n) is 3.20. The van der Waals surface area contributed by atoms with Crippen molar-refractivity contribution >= 4 is 11.8 Å². The smallest absolute Gasteiger partial charge is 0.316 e. The van der Waals surface area contributed by atoms with Crippen molar-refractivity contribution in [3.05, 3.63) is 12.7 Å². The summed E-state index contributed by atoms with van der Waals surface area (Å²) in [6.07, 6.45) is 1.42. The minimum Gasteiger partial charge on any atom is -0.481 e. The predicted octanol–water partition coefficient (Wildman–Crippen LogP) is 1.88. The molecule has 17 heavy (non-hydrogen) atoms. The van der Waals surface area contributed by atoms with Crippen LogP contribution in [0.1, 0.15) is 34.1 Å². The van der Waals surface area contributed by atoms with Crippen molar-refractivity contribution < 1.29 is 19.8 Å². The molecule has 0 aromatic carbocycles. The molecule has 4 heteroatoms. The lowest BCUT2D eigenvalue weighted by Crippen LogP contribution is -2.42. The third-order valence-corrected chi connectivity index (χ3v) is 3.20. The Morgan fingerprint density at radius 2 is 1.82 bits per heavy atom. The molecule has 0 saturated carbocycles. The van der Waals surface area contributed by atoms with E-state index in [-0.39, 0.29) is 5.92 Å². The van der Waals surface area contributed by atoms with Gasteiger partial charge in [0.25, 0.3) is 0 Å². The second-order valence-corrected chi connectivity index (χ2v) is 5.08. The molecule has 0 aliphatic rings. The second-order valence-electron chi connectivity index (χ2n) is 5.08. The van der Waals surface area contributed by atoms with Crippen LogP contribution in [0.4, 0.5) is 0 Å². The molecule has 3 atom stereocenters. The van der Waals surface area contributed by atoms with Gasteiger partial charge >= 0.3 is 5.97 Å². The third kappa shape index (κ3) is 3.66. The van der Waals surface area contributed by atoms with E-state index in [1.165, 1.54) is 13.8 Å². The average molecular weight is 242 g/mol. The molecule has 0 unspecified atom stereocenters. The minimum absolute atomic E-state index is 0.115. The van der Waals surface area contributed by atoms with E-state index in [1.54, 1.807) is 13.0 Å². The largest absolute Gasteiger partial charge is 0.481 e. The lowest BCUT2D eigenvalue weighted by atomic mass is 9.77. The van der Waals surface area contributed by atoms with Crippen LogP contribution in [0.3, 0.4) is 0 Å². The first-order valence-corrected chi connectivity index (χ1v) is 5.72. The summed E-state index contributed by atoms with van der Waals surface area (Å²) in [4.78, 5) is 23.0. The van der Waals surface area contributed by atoms with E-state index in [1.807, 2.05) is 6.92 Å². The van der Waals surface area contributed by atoms with Gasteiger partial charge < -0.3 is 10.2 Å². The Hall–Kier alpha value is -1.16. The van der Waals surface area contributed by atoms with Crippen molar-refractivity contribution in [3.8, 4) is 0 Å².